The first kappa shape index (κ1) is 15.1. The summed E-state index contributed by atoms with van der Waals surface area (Å²) in [7, 11) is 0. The summed E-state index contributed by atoms with van der Waals surface area (Å²) in [5.41, 5.74) is 1.52. The molecule has 108 valence electrons. The average molecular weight is 303 g/mol. The fraction of sp³-hybridized carbons (Fsp3) is 0.125. The third kappa shape index (κ3) is 4.07. The van der Waals surface area contributed by atoms with E-state index in [1.807, 2.05) is 6.92 Å². The average Bonchev–Trinajstić information content (AvgIpc) is 2.48. The van der Waals surface area contributed by atoms with E-state index in [0.29, 0.717) is 28.4 Å². The van der Waals surface area contributed by atoms with Crippen molar-refractivity contribution in [1.82, 2.24) is 5.32 Å². The van der Waals surface area contributed by atoms with E-state index in [2.05, 4.69) is 10.6 Å². The maximum atomic E-state index is 12.1. The van der Waals surface area contributed by atoms with Gasteiger partial charge in [-0.2, -0.15) is 0 Å². The molecule has 2 N–H and O–H groups in total. The molecule has 21 heavy (non-hydrogen) atoms. The zero-order chi connectivity index (χ0) is 15.2. The van der Waals surface area contributed by atoms with Crippen LogP contribution in [0.3, 0.4) is 0 Å². The molecule has 0 radical (unpaired) electrons. The largest absolute Gasteiger partial charge is 0.352 e. The van der Waals surface area contributed by atoms with Gasteiger partial charge in [-0.15, -0.1) is 0 Å². The van der Waals surface area contributed by atoms with E-state index in [1.165, 1.54) is 0 Å². The van der Waals surface area contributed by atoms with Crippen molar-refractivity contribution in [2.24, 2.45) is 0 Å². The van der Waals surface area contributed by atoms with Crippen LogP contribution in [0.1, 0.15) is 27.6 Å². The number of amides is 2. The summed E-state index contributed by atoms with van der Waals surface area (Å²) in [6, 6.07) is 13.5. The molecule has 0 atom stereocenters. The minimum Gasteiger partial charge on any atom is -0.352 e. The van der Waals surface area contributed by atoms with Crippen molar-refractivity contribution in [2.75, 3.05) is 11.9 Å². The predicted octanol–water partition coefficient (Wildman–Crippen LogP) is 3.34. The molecule has 4 nitrogen and oxygen atoms in total. The van der Waals surface area contributed by atoms with Gasteiger partial charge in [-0.1, -0.05) is 23.7 Å². The van der Waals surface area contributed by atoms with Gasteiger partial charge in [-0.05, 0) is 43.3 Å². The number of halogens is 1. The third-order valence-electron chi connectivity index (χ3n) is 2.81. The lowest BCUT2D eigenvalue weighted by Crippen LogP contribution is -2.22. The summed E-state index contributed by atoms with van der Waals surface area (Å²) in [4.78, 5) is 23.9. The molecule has 0 saturated heterocycles. The van der Waals surface area contributed by atoms with Gasteiger partial charge in [0.25, 0.3) is 11.8 Å². The number of rotatable bonds is 4. The SMILES string of the molecule is CCNC(=O)c1cccc(NC(=O)c2cccc(Cl)c2)c1. The van der Waals surface area contributed by atoms with Crippen molar-refractivity contribution in [2.45, 2.75) is 6.92 Å². The molecule has 0 heterocycles. The van der Waals surface area contributed by atoms with Crippen molar-refractivity contribution in [3.05, 3.63) is 64.7 Å². The van der Waals surface area contributed by atoms with Crippen LogP contribution in [0.4, 0.5) is 5.69 Å². The van der Waals surface area contributed by atoms with Crippen LogP contribution in [0.2, 0.25) is 5.02 Å². The quantitative estimate of drug-likeness (QED) is 0.910. The maximum Gasteiger partial charge on any atom is 0.255 e. The van der Waals surface area contributed by atoms with Crippen LogP contribution in [0, 0.1) is 0 Å². The van der Waals surface area contributed by atoms with Crippen LogP contribution < -0.4 is 10.6 Å². The molecule has 0 bridgehead atoms. The first-order valence-electron chi connectivity index (χ1n) is 6.55. The molecule has 0 spiro atoms. The minimum atomic E-state index is -0.273. The Labute approximate surface area is 128 Å². The van der Waals surface area contributed by atoms with Gasteiger partial charge in [0.15, 0.2) is 0 Å². The van der Waals surface area contributed by atoms with Crippen molar-refractivity contribution >= 4 is 29.1 Å². The summed E-state index contributed by atoms with van der Waals surface area (Å²) in [5.74, 6) is -0.443. The predicted molar refractivity (Wildman–Crippen MR) is 83.9 cm³/mol. The standard InChI is InChI=1S/C16H15ClN2O2/c1-2-18-15(20)12-6-4-8-14(10-12)19-16(21)11-5-3-7-13(17)9-11/h3-10H,2H2,1H3,(H,18,20)(H,19,21). The third-order valence-corrected chi connectivity index (χ3v) is 3.04. The van der Waals surface area contributed by atoms with Crippen LogP contribution in [0.5, 0.6) is 0 Å². The van der Waals surface area contributed by atoms with E-state index in [0.717, 1.165) is 0 Å². The van der Waals surface area contributed by atoms with E-state index in [9.17, 15) is 9.59 Å². The van der Waals surface area contributed by atoms with Crippen LogP contribution in [0.15, 0.2) is 48.5 Å². The van der Waals surface area contributed by atoms with Crippen LogP contribution in [-0.2, 0) is 0 Å². The van der Waals surface area contributed by atoms with Crippen molar-refractivity contribution in [1.29, 1.82) is 0 Å². The van der Waals surface area contributed by atoms with Gasteiger partial charge in [-0.25, -0.2) is 0 Å². The Morgan fingerprint density at radius 3 is 2.33 bits per heavy atom. The number of hydrogen-bond donors (Lipinski definition) is 2. The smallest absolute Gasteiger partial charge is 0.255 e. The van der Waals surface area contributed by atoms with Gasteiger partial charge in [0.1, 0.15) is 0 Å². The zero-order valence-corrected chi connectivity index (χ0v) is 12.3. The molecule has 2 aromatic carbocycles. The number of hydrogen-bond acceptors (Lipinski definition) is 2. The molecule has 0 aliphatic heterocycles. The molecule has 0 aliphatic rings. The molecule has 5 heteroatoms. The molecular weight excluding hydrogens is 288 g/mol. The highest BCUT2D eigenvalue weighted by molar-refractivity contribution is 6.31. The van der Waals surface area contributed by atoms with E-state index in [4.69, 9.17) is 11.6 Å². The summed E-state index contributed by atoms with van der Waals surface area (Å²) in [6.45, 7) is 2.40. The minimum absolute atomic E-state index is 0.170. The molecule has 0 saturated carbocycles. The van der Waals surface area contributed by atoms with Crippen LogP contribution in [0.25, 0.3) is 0 Å². The second-order valence-electron chi connectivity index (χ2n) is 4.40. The van der Waals surface area contributed by atoms with Gasteiger partial charge >= 0.3 is 0 Å². The van der Waals surface area contributed by atoms with E-state index < -0.39 is 0 Å². The highest BCUT2D eigenvalue weighted by atomic mass is 35.5. The first-order chi connectivity index (χ1) is 10.1. The van der Waals surface area contributed by atoms with Crippen LogP contribution >= 0.6 is 11.6 Å². The molecule has 2 aromatic rings. The van der Waals surface area contributed by atoms with Gasteiger partial charge in [-0.3, -0.25) is 9.59 Å². The summed E-state index contributed by atoms with van der Waals surface area (Å²) in [6.07, 6.45) is 0. The Morgan fingerprint density at radius 1 is 1.00 bits per heavy atom. The molecule has 2 rings (SSSR count). The Morgan fingerprint density at radius 2 is 1.67 bits per heavy atom. The highest BCUT2D eigenvalue weighted by Gasteiger charge is 2.09. The summed E-state index contributed by atoms with van der Waals surface area (Å²) >= 11 is 5.86. The normalized spacial score (nSPS) is 10.0. The second kappa shape index (κ2) is 6.90. The fourth-order valence-electron chi connectivity index (χ4n) is 1.83. The number of anilines is 1. The van der Waals surface area contributed by atoms with E-state index >= 15 is 0 Å². The Bertz CT molecular complexity index is 671. The lowest BCUT2D eigenvalue weighted by molar-refractivity contribution is 0.0954. The number of carbonyl (C=O) groups is 2. The van der Waals surface area contributed by atoms with Gasteiger partial charge in [0.2, 0.25) is 0 Å². The van der Waals surface area contributed by atoms with Gasteiger partial charge < -0.3 is 10.6 Å². The second-order valence-corrected chi connectivity index (χ2v) is 4.84. The monoisotopic (exact) mass is 302 g/mol. The molecule has 0 aromatic heterocycles. The zero-order valence-electron chi connectivity index (χ0n) is 11.5. The van der Waals surface area contributed by atoms with Crippen molar-refractivity contribution in [3.63, 3.8) is 0 Å². The Hall–Kier alpha value is -2.33. The number of benzene rings is 2. The topological polar surface area (TPSA) is 58.2 Å². The number of carbonyl (C=O) groups excluding carboxylic acids is 2. The summed E-state index contributed by atoms with van der Waals surface area (Å²) < 4.78 is 0. The Balaban J connectivity index is 2.14. The van der Waals surface area contributed by atoms with Crippen molar-refractivity contribution < 1.29 is 9.59 Å². The van der Waals surface area contributed by atoms with Gasteiger partial charge in [0, 0.05) is 28.4 Å². The molecule has 0 unspecified atom stereocenters. The molecule has 2 amide bonds. The van der Waals surface area contributed by atoms with E-state index in [-0.39, 0.29) is 11.8 Å². The molecule has 0 fully saturated rings. The number of nitrogens with one attached hydrogen (secondary N) is 2. The van der Waals surface area contributed by atoms with Gasteiger partial charge in [0.05, 0.1) is 0 Å². The highest BCUT2D eigenvalue weighted by Crippen LogP contribution is 2.15. The first-order valence-corrected chi connectivity index (χ1v) is 6.93. The van der Waals surface area contributed by atoms with Crippen LogP contribution in [-0.4, -0.2) is 18.4 Å². The summed E-state index contributed by atoms with van der Waals surface area (Å²) in [5, 5.41) is 5.96. The van der Waals surface area contributed by atoms with E-state index in [1.54, 1.807) is 48.5 Å². The Kier molecular flexibility index (Phi) is 4.95. The maximum absolute atomic E-state index is 12.1. The lowest BCUT2D eigenvalue weighted by Gasteiger charge is -2.08. The molecular formula is C16H15ClN2O2. The van der Waals surface area contributed by atoms with Crippen molar-refractivity contribution in [3.8, 4) is 0 Å². The fourth-order valence-corrected chi connectivity index (χ4v) is 2.02. The molecule has 0 aliphatic carbocycles. The lowest BCUT2D eigenvalue weighted by atomic mass is 10.1.